The standard InChI is InChI=1S/C17H28N4/c1-13-5-4-6-14(2)16(13)11-21-9-7-15(8-10-21)17-19-18-12-20(17)3/h5,12,14-16H,4,6-11H2,1-3H3/t14-,16+/m1/s1. The van der Waals surface area contributed by atoms with Crippen molar-refractivity contribution in [2.45, 2.75) is 45.4 Å². The van der Waals surface area contributed by atoms with Gasteiger partial charge in [0.15, 0.2) is 0 Å². The van der Waals surface area contributed by atoms with E-state index in [2.05, 4.69) is 46.6 Å². The van der Waals surface area contributed by atoms with E-state index >= 15 is 0 Å². The van der Waals surface area contributed by atoms with E-state index in [0.29, 0.717) is 5.92 Å². The third-order valence-corrected chi connectivity index (χ3v) is 5.51. The molecule has 2 atom stereocenters. The van der Waals surface area contributed by atoms with Crippen LogP contribution < -0.4 is 0 Å². The Morgan fingerprint density at radius 2 is 2.00 bits per heavy atom. The zero-order valence-electron chi connectivity index (χ0n) is 13.6. The van der Waals surface area contributed by atoms with Gasteiger partial charge in [-0.2, -0.15) is 0 Å². The summed E-state index contributed by atoms with van der Waals surface area (Å²) in [6.45, 7) is 8.40. The highest BCUT2D eigenvalue weighted by atomic mass is 15.3. The van der Waals surface area contributed by atoms with Gasteiger partial charge in [-0.05, 0) is 57.5 Å². The van der Waals surface area contributed by atoms with Crippen LogP contribution in [0.2, 0.25) is 0 Å². The van der Waals surface area contributed by atoms with Crippen molar-refractivity contribution in [2.75, 3.05) is 19.6 Å². The molecule has 4 nitrogen and oxygen atoms in total. The summed E-state index contributed by atoms with van der Waals surface area (Å²) in [5.74, 6) is 3.36. The number of hydrogen-bond acceptors (Lipinski definition) is 3. The first-order valence-electron chi connectivity index (χ1n) is 8.38. The number of allylic oxidation sites excluding steroid dienone is 1. The lowest BCUT2D eigenvalue weighted by Crippen LogP contribution is -2.39. The normalized spacial score (nSPS) is 28.6. The molecule has 0 spiro atoms. The van der Waals surface area contributed by atoms with Crippen LogP contribution in [0.5, 0.6) is 0 Å². The largest absolute Gasteiger partial charge is 0.320 e. The van der Waals surface area contributed by atoms with Crippen molar-refractivity contribution >= 4 is 0 Å². The fraction of sp³-hybridized carbons (Fsp3) is 0.765. The topological polar surface area (TPSA) is 34.0 Å². The van der Waals surface area contributed by atoms with Gasteiger partial charge < -0.3 is 9.47 Å². The molecular weight excluding hydrogens is 260 g/mol. The lowest BCUT2D eigenvalue weighted by molar-refractivity contribution is 0.165. The number of rotatable bonds is 3. The van der Waals surface area contributed by atoms with Crippen molar-refractivity contribution < 1.29 is 0 Å². The van der Waals surface area contributed by atoms with Gasteiger partial charge in [-0.25, -0.2) is 0 Å². The van der Waals surface area contributed by atoms with Crippen molar-refractivity contribution in [3.8, 4) is 0 Å². The first-order valence-corrected chi connectivity index (χ1v) is 8.38. The quantitative estimate of drug-likeness (QED) is 0.802. The Labute approximate surface area is 128 Å². The third-order valence-electron chi connectivity index (χ3n) is 5.51. The molecule has 1 aromatic heterocycles. The molecule has 1 aliphatic carbocycles. The molecule has 4 heteroatoms. The third kappa shape index (κ3) is 3.20. The molecule has 0 bridgehead atoms. The minimum Gasteiger partial charge on any atom is -0.320 e. The Morgan fingerprint density at radius 3 is 2.62 bits per heavy atom. The monoisotopic (exact) mass is 288 g/mol. The molecule has 1 aliphatic heterocycles. The number of likely N-dealkylation sites (tertiary alicyclic amines) is 1. The van der Waals surface area contributed by atoms with Gasteiger partial charge in [-0.15, -0.1) is 10.2 Å². The van der Waals surface area contributed by atoms with E-state index in [0.717, 1.165) is 17.7 Å². The van der Waals surface area contributed by atoms with Crippen LogP contribution in [0.15, 0.2) is 18.0 Å². The van der Waals surface area contributed by atoms with E-state index in [1.54, 1.807) is 5.57 Å². The molecule has 1 saturated heterocycles. The van der Waals surface area contributed by atoms with Crippen molar-refractivity contribution in [3.05, 3.63) is 23.8 Å². The van der Waals surface area contributed by atoms with Gasteiger partial charge in [-0.1, -0.05) is 18.6 Å². The Bertz CT molecular complexity index is 497. The lowest BCUT2D eigenvalue weighted by Gasteiger charge is -2.37. The predicted molar refractivity (Wildman–Crippen MR) is 85.1 cm³/mol. The van der Waals surface area contributed by atoms with Gasteiger partial charge in [0, 0.05) is 19.5 Å². The van der Waals surface area contributed by atoms with E-state index < -0.39 is 0 Å². The van der Waals surface area contributed by atoms with Crippen LogP contribution in [0.1, 0.15) is 51.3 Å². The maximum absolute atomic E-state index is 4.29. The number of piperidine rings is 1. The van der Waals surface area contributed by atoms with Gasteiger partial charge in [0.2, 0.25) is 0 Å². The van der Waals surface area contributed by atoms with Gasteiger partial charge >= 0.3 is 0 Å². The van der Waals surface area contributed by atoms with Crippen molar-refractivity contribution in [1.82, 2.24) is 19.7 Å². The van der Waals surface area contributed by atoms with E-state index in [4.69, 9.17) is 0 Å². The highest BCUT2D eigenvalue weighted by Crippen LogP contribution is 2.33. The second-order valence-electron chi connectivity index (χ2n) is 6.98. The Hall–Kier alpha value is -1.16. The first kappa shape index (κ1) is 14.8. The molecule has 2 aliphatic rings. The second-order valence-corrected chi connectivity index (χ2v) is 6.98. The molecule has 0 unspecified atom stereocenters. The molecule has 0 saturated carbocycles. The molecule has 0 radical (unpaired) electrons. The lowest BCUT2D eigenvalue weighted by atomic mass is 9.79. The minimum atomic E-state index is 0.592. The van der Waals surface area contributed by atoms with Crippen LogP contribution in [0, 0.1) is 11.8 Å². The van der Waals surface area contributed by atoms with E-state index in [1.807, 2.05) is 6.33 Å². The van der Waals surface area contributed by atoms with Crippen LogP contribution in [0.25, 0.3) is 0 Å². The van der Waals surface area contributed by atoms with Crippen LogP contribution >= 0.6 is 0 Å². The van der Waals surface area contributed by atoms with Gasteiger partial charge in [-0.3, -0.25) is 0 Å². The predicted octanol–water partition coefficient (Wildman–Crippen LogP) is 2.99. The van der Waals surface area contributed by atoms with Crippen molar-refractivity contribution in [3.63, 3.8) is 0 Å². The first-order chi connectivity index (χ1) is 10.1. The molecule has 1 fully saturated rings. The summed E-state index contributed by atoms with van der Waals surface area (Å²) in [4.78, 5) is 2.66. The highest BCUT2D eigenvalue weighted by Gasteiger charge is 2.28. The Kier molecular flexibility index (Phi) is 4.43. The smallest absolute Gasteiger partial charge is 0.135 e. The molecule has 21 heavy (non-hydrogen) atoms. The highest BCUT2D eigenvalue weighted by molar-refractivity contribution is 5.09. The molecule has 0 amide bonds. The second kappa shape index (κ2) is 6.30. The number of aromatic nitrogens is 3. The fourth-order valence-corrected chi connectivity index (χ4v) is 4.01. The maximum Gasteiger partial charge on any atom is 0.135 e. The summed E-state index contributed by atoms with van der Waals surface area (Å²) in [5, 5.41) is 8.31. The summed E-state index contributed by atoms with van der Waals surface area (Å²) in [5.41, 5.74) is 1.61. The molecule has 0 N–H and O–H groups in total. The fourth-order valence-electron chi connectivity index (χ4n) is 4.01. The molecule has 3 rings (SSSR count). The zero-order chi connectivity index (χ0) is 14.8. The summed E-state index contributed by atoms with van der Waals surface area (Å²) in [6.07, 6.45) is 9.35. The SMILES string of the molecule is CC1=CCC[C@@H](C)[C@H]1CN1CCC(c2nncn2C)CC1. The summed E-state index contributed by atoms with van der Waals surface area (Å²) < 4.78 is 2.08. The minimum absolute atomic E-state index is 0.592. The Morgan fingerprint density at radius 1 is 1.24 bits per heavy atom. The summed E-state index contributed by atoms with van der Waals surface area (Å²) in [6, 6.07) is 0. The molecule has 2 heterocycles. The number of nitrogens with zero attached hydrogens (tertiary/aromatic N) is 4. The number of aryl methyl sites for hydroxylation is 1. The molecular formula is C17H28N4. The van der Waals surface area contributed by atoms with E-state index in [-0.39, 0.29) is 0 Å². The van der Waals surface area contributed by atoms with Crippen molar-refractivity contribution in [2.24, 2.45) is 18.9 Å². The summed E-state index contributed by atoms with van der Waals surface area (Å²) in [7, 11) is 2.06. The summed E-state index contributed by atoms with van der Waals surface area (Å²) >= 11 is 0. The van der Waals surface area contributed by atoms with E-state index in [9.17, 15) is 0 Å². The maximum atomic E-state index is 4.29. The van der Waals surface area contributed by atoms with Crippen LogP contribution in [0.4, 0.5) is 0 Å². The average Bonchev–Trinajstić information content (AvgIpc) is 2.90. The van der Waals surface area contributed by atoms with Crippen molar-refractivity contribution in [1.29, 1.82) is 0 Å². The van der Waals surface area contributed by atoms with Gasteiger partial charge in [0.05, 0.1) is 0 Å². The van der Waals surface area contributed by atoms with Crippen LogP contribution in [-0.4, -0.2) is 39.3 Å². The Balaban J connectivity index is 1.55. The zero-order valence-corrected chi connectivity index (χ0v) is 13.6. The number of hydrogen-bond donors (Lipinski definition) is 0. The molecule has 116 valence electrons. The van der Waals surface area contributed by atoms with Gasteiger partial charge in [0.25, 0.3) is 0 Å². The van der Waals surface area contributed by atoms with Crippen LogP contribution in [0.3, 0.4) is 0 Å². The van der Waals surface area contributed by atoms with Crippen LogP contribution in [-0.2, 0) is 7.05 Å². The van der Waals surface area contributed by atoms with Gasteiger partial charge in [0.1, 0.15) is 12.2 Å². The average molecular weight is 288 g/mol. The molecule has 0 aromatic carbocycles. The molecule has 1 aromatic rings. The van der Waals surface area contributed by atoms with E-state index in [1.165, 1.54) is 45.3 Å².